The molecule has 0 radical (unpaired) electrons. The van der Waals surface area contributed by atoms with Gasteiger partial charge in [-0.1, -0.05) is 38.7 Å². The Bertz CT molecular complexity index is 1150. The molecule has 154 valence electrons. The van der Waals surface area contributed by atoms with Crippen LogP contribution in [0.15, 0.2) is 0 Å². The third kappa shape index (κ3) is 4.57. The second-order valence-corrected chi connectivity index (χ2v) is 10.3. The molecule has 1 amide bonds. The van der Waals surface area contributed by atoms with Gasteiger partial charge in [0.15, 0.2) is 13.5 Å². The van der Waals surface area contributed by atoms with E-state index in [1.54, 1.807) is 15.7 Å². The molecule has 1 aromatic carbocycles. The first-order valence-corrected chi connectivity index (χ1v) is 10.9. The second-order valence-electron chi connectivity index (χ2n) is 9.97. The van der Waals surface area contributed by atoms with E-state index < -0.39 is 17.2 Å². The number of carbonyl (C=O) groups is 2. The maximum atomic E-state index is 12.8. The van der Waals surface area contributed by atoms with Crippen LogP contribution in [0.1, 0.15) is 16.1 Å². The maximum absolute atomic E-state index is 12.8. The molecule has 17 heteroatoms. The zero-order valence-electron chi connectivity index (χ0n) is 20.5. The summed E-state index contributed by atoms with van der Waals surface area (Å²) in [6, 6.07) is 0. The van der Waals surface area contributed by atoms with E-state index in [1.165, 1.54) is 15.7 Å². The minimum atomic E-state index is -1.51. The second kappa shape index (κ2) is 8.77. The Labute approximate surface area is 202 Å². The molecule has 0 atom stereocenters. The molecule has 0 saturated heterocycles. The van der Waals surface area contributed by atoms with Gasteiger partial charge in [-0.15, -0.1) is 0 Å². The Kier molecular flexibility index (Phi) is 7.21. The average molecular weight is 439 g/mol. The number of carboxylic acids is 1. The molecule has 3 N–H and O–H groups in total. The standard InChI is InChI=1S/C15H23B10ClN2O4/c16-4-1(3(14(21,22)23)6(18)7(19)8(4)26)2-5(17)10(29)9(27-11(2)20)12(30)28-15(24,25)13(31)32/h29H,16-25H2,(H,28,30)(H,31,32). The van der Waals surface area contributed by atoms with Crippen molar-refractivity contribution in [1.29, 1.82) is 0 Å². The minimum Gasteiger partial charge on any atom is -0.506 e. The van der Waals surface area contributed by atoms with Crippen molar-refractivity contribution in [3.8, 4) is 16.9 Å². The van der Waals surface area contributed by atoms with Gasteiger partial charge in [-0.3, -0.25) is 14.6 Å². The fourth-order valence-corrected chi connectivity index (χ4v) is 4.37. The Hall–Kier alpha value is -1.95. The first kappa shape index (κ1) is 26.3. The number of carbonyl (C=O) groups excluding carboxylic acids is 1. The van der Waals surface area contributed by atoms with Crippen LogP contribution in [0.3, 0.4) is 0 Å². The van der Waals surface area contributed by atoms with Gasteiger partial charge in [0.2, 0.25) is 0 Å². The summed E-state index contributed by atoms with van der Waals surface area (Å²) >= 11 is 6.69. The number of hydrogen-bond acceptors (Lipinski definition) is 4. The largest absolute Gasteiger partial charge is 0.506 e. The lowest BCUT2D eigenvalue weighted by atomic mass is 9.37. The van der Waals surface area contributed by atoms with Crippen LogP contribution in [-0.2, 0) is 9.91 Å². The number of aliphatic carboxylic acids is 1. The van der Waals surface area contributed by atoms with Gasteiger partial charge in [0.25, 0.3) is 5.91 Å². The van der Waals surface area contributed by atoms with Gasteiger partial charge in [-0.05, 0) is 16.6 Å². The van der Waals surface area contributed by atoms with Crippen molar-refractivity contribution in [1.82, 2.24) is 10.3 Å². The third-order valence-electron chi connectivity index (χ3n) is 5.99. The molecule has 1 heterocycles. The quantitative estimate of drug-likeness (QED) is 0.403. The van der Waals surface area contributed by atoms with Gasteiger partial charge < -0.3 is 15.5 Å². The highest BCUT2D eigenvalue weighted by Crippen LogP contribution is 2.27. The highest BCUT2D eigenvalue weighted by atomic mass is 35.5. The van der Waals surface area contributed by atoms with Gasteiger partial charge in [0.05, 0.1) is 28.9 Å². The zero-order valence-corrected chi connectivity index (χ0v) is 21.3. The van der Waals surface area contributed by atoms with E-state index in [4.69, 9.17) is 11.6 Å². The molecule has 6 nitrogen and oxygen atoms in total. The van der Waals surface area contributed by atoms with Crippen molar-refractivity contribution in [2.24, 2.45) is 0 Å². The van der Waals surface area contributed by atoms with Crippen molar-refractivity contribution in [3.63, 3.8) is 0 Å². The molecular formula is C15H23B10ClN2O4. The van der Waals surface area contributed by atoms with E-state index in [9.17, 15) is 19.8 Å². The number of nitrogens with zero attached hydrogens (tertiary/aromatic N) is 1. The molecular weight excluding hydrogens is 416 g/mol. The van der Waals surface area contributed by atoms with Crippen LogP contribution in [0.2, 0.25) is 5.02 Å². The predicted octanol–water partition coefficient (Wildman–Crippen LogP) is -11.9. The molecule has 0 spiro atoms. The summed E-state index contributed by atoms with van der Waals surface area (Å²) < 4.78 is 0. The molecule has 1 aromatic heterocycles. The number of aromatic hydroxyl groups is 1. The lowest BCUT2D eigenvalue weighted by Crippen LogP contribution is -2.56. The van der Waals surface area contributed by atoms with E-state index >= 15 is 0 Å². The van der Waals surface area contributed by atoms with Gasteiger partial charge in [-0.2, -0.15) is 0 Å². The summed E-state index contributed by atoms with van der Waals surface area (Å²) in [4.78, 5) is 28.6. The molecule has 0 aliphatic heterocycles. The molecule has 0 fully saturated rings. The lowest BCUT2D eigenvalue weighted by Gasteiger charge is -2.32. The van der Waals surface area contributed by atoms with Crippen LogP contribution in [0.25, 0.3) is 11.1 Å². The fraction of sp³-hybridized carbons (Fsp3) is 0.133. The normalized spacial score (nSPS) is 11.8. The Morgan fingerprint density at radius 3 is 1.88 bits per heavy atom. The van der Waals surface area contributed by atoms with Crippen LogP contribution < -0.4 is 32.8 Å². The number of halogens is 1. The van der Waals surface area contributed by atoms with Crippen molar-refractivity contribution in [2.45, 2.75) is 10.5 Å². The number of aromatic nitrogens is 1. The highest BCUT2D eigenvalue weighted by molar-refractivity contribution is 6.65. The molecule has 2 rings (SSSR count). The van der Waals surface area contributed by atoms with Crippen LogP contribution in [0, 0.1) is 0 Å². The maximum Gasteiger partial charge on any atom is 0.311 e. The zero-order chi connectivity index (χ0) is 24.9. The molecule has 2 aromatic rings. The van der Waals surface area contributed by atoms with Gasteiger partial charge >= 0.3 is 5.97 Å². The Morgan fingerprint density at radius 1 is 0.875 bits per heavy atom. The summed E-state index contributed by atoms with van der Waals surface area (Å²) in [5, 5.41) is 21.6. The van der Waals surface area contributed by atoms with Crippen molar-refractivity contribution >= 4 is 129 Å². The fourth-order valence-electron chi connectivity index (χ4n) is 4.14. The molecule has 0 aliphatic carbocycles. The van der Waals surface area contributed by atoms with Gasteiger partial charge in [-0.25, -0.2) is 0 Å². The average Bonchev–Trinajstić information content (AvgIpc) is 2.65. The first-order chi connectivity index (χ1) is 14.4. The number of rotatable bonds is 5. The number of hydrogen-bond donors (Lipinski definition) is 3. The Balaban J connectivity index is 2.86. The first-order valence-electron chi connectivity index (χ1n) is 10.5. The lowest BCUT2D eigenvalue weighted by molar-refractivity contribution is -0.138. The molecule has 0 unspecified atom stereocenters. The number of amides is 1. The van der Waals surface area contributed by atoms with Crippen molar-refractivity contribution in [3.05, 3.63) is 16.3 Å². The van der Waals surface area contributed by atoms with E-state index in [1.807, 2.05) is 23.5 Å². The van der Waals surface area contributed by atoms with E-state index in [0.29, 0.717) is 16.1 Å². The van der Waals surface area contributed by atoms with Gasteiger partial charge in [0.1, 0.15) is 52.8 Å². The van der Waals surface area contributed by atoms with Crippen molar-refractivity contribution in [2.75, 3.05) is 0 Å². The van der Waals surface area contributed by atoms with E-state index in [-0.39, 0.29) is 16.6 Å². The summed E-state index contributed by atoms with van der Waals surface area (Å²) in [6.45, 7) is 0. The SMILES string of the molecule is Bc1nc(C(=O)NC(B)(B)C(=O)O)c(O)c(B)c1-c1c(B)c(Cl)c(B)c(B)c1C(B)(B)B. The van der Waals surface area contributed by atoms with Gasteiger partial charge in [0, 0.05) is 10.6 Å². The summed E-state index contributed by atoms with van der Waals surface area (Å²) in [5.41, 5.74) is 6.54. The van der Waals surface area contributed by atoms with E-state index in [0.717, 1.165) is 33.1 Å². The van der Waals surface area contributed by atoms with E-state index in [2.05, 4.69) is 33.8 Å². The summed E-state index contributed by atoms with van der Waals surface area (Å²) in [5.74, 6) is -2.22. The molecule has 0 bridgehead atoms. The van der Waals surface area contributed by atoms with Crippen LogP contribution in [0.5, 0.6) is 5.75 Å². The monoisotopic (exact) mass is 440 g/mol. The summed E-state index contributed by atoms with van der Waals surface area (Å²) in [7, 11) is 18.6. The molecule has 0 saturated carbocycles. The summed E-state index contributed by atoms with van der Waals surface area (Å²) in [6.07, 6.45) is 0. The highest BCUT2D eigenvalue weighted by Gasteiger charge is 2.32. The third-order valence-corrected chi connectivity index (χ3v) is 6.56. The Morgan fingerprint density at radius 2 is 1.41 bits per heavy atom. The predicted molar refractivity (Wildman–Crippen MR) is 159 cm³/mol. The number of carboxylic acid groups (broad SMARTS) is 1. The topological polar surface area (TPSA) is 99.5 Å². The molecule has 32 heavy (non-hydrogen) atoms. The van der Waals surface area contributed by atoms with Crippen LogP contribution in [0.4, 0.5) is 0 Å². The van der Waals surface area contributed by atoms with Crippen molar-refractivity contribution < 1.29 is 19.8 Å². The smallest absolute Gasteiger partial charge is 0.311 e. The van der Waals surface area contributed by atoms with Crippen LogP contribution >= 0.6 is 11.6 Å². The number of pyridine rings is 1. The minimum absolute atomic E-state index is 0.206. The number of nitrogens with one attached hydrogen (secondary N) is 1. The van der Waals surface area contributed by atoms with Crippen LogP contribution in [-0.4, -0.2) is 111 Å². The number of benzene rings is 1. The molecule has 0 aliphatic rings.